The van der Waals surface area contributed by atoms with Gasteiger partial charge in [-0.25, -0.2) is 0 Å². The van der Waals surface area contributed by atoms with E-state index in [1.165, 1.54) is 0 Å². The lowest BCUT2D eigenvalue weighted by atomic mass is 9.79. The van der Waals surface area contributed by atoms with Gasteiger partial charge >= 0.3 is 7.12 Å². The third-order valence-corrected chi connectivity index (χ3v) is 4.32. The minimum Gasteiger partial charge on any atom is -0.493 e. The number of ether oxygens (including phenoxy) is 1. The predicted molar refractivity (Wildman–Crippen MR) is 78.5 cm³/mol. The SMILES string of the molecule is COc1cccc2c(B3OC(C)(C)C(C)(C)O3)coc12. The van der Waals surface area contributed by atoms with Gasteiger partial charge in [0.25, 0.3) is 0 Å². The second-order valence-corrected chi connectivity index (χ2v) is 6.12. The normalized spacial score (nSPS) is 20.6. The van der Waals surface area contributed by atoms with Crippen LogP contribution in [0.25, 0.3) is 11.0 Å². The molecule has 4 nitrogen and oxygen atoms in total. The molecule has 0 spiro atoms. The molecule has 1 fully saturated rings. The van der Waals surface area contributed by atoms with Crippen LogP contribution in [0.1, 0.15) is 27.7 Å². The Hall–Kier alpha value is -1.46. The van der Waals surface area contributed by atoms with Crippen LogP contribution in [0.5, 0.6) is 5.75 Å². The summed E-state index contributed by atoms with van der Waals surface area (Å²) in [5.41, 5.74) is 0.900. The molecule has 2 heterocycles. The molecule has 2 aromatic rings. The Balaban J connectivity index is 2.05. The van der Waals surface area contributed by atoms with Gasteiger partial charge in [0.15, 0.2) is 11.3 Å². The maximum absolute atomic E-state index is 6.07. The van der Waals surface area contributed by atoms with E-state index in [1.807, 2.05) is 45.9 Å². The number of benzene rings is 1. The lowest BCUT2D eigenvalue weighted by molar-refractivity contribution is 0.00578. The third kappa shape index (κ3) is 1.85. The summed E-state index contributed by atoms with van der Waals surface area (Å²) < 4.78 is 23.1. The van der Waals surface area contributed by atoms with E-state index in [1.54, 1.807) is 13.4 Å². The molecule has 0 saturated carbocycles. The van der Waals surface area contributed by atoms with Crippen molar-refractivity contribution in [3.63, 3.8) is 0 Å². The summed E-state index contributed by atoms with van der Waals surface area (Å²) in [7, 11) is 1.21. The molecule has 0 amide bonds. The van der Waals surface area contributed by atoms with Crippen LogP contribution in [0.3, 0.4) is 0 Å². The summed E-state index contributed by atoms with van der Waals surface area (Å²) in [4.78, 5) is 0. The summed E-state index contributed by atoms with van der Waals surface area (Å²) in [6, 6.07) is 5.80. The maximum atomic E-state index is 6.07. The zero-order valence-corrected chi connectivity index (χ0v) is 12.5. The van der Waals surface area contributed by atoms with Crippen LogP contribution in [0.4, 0.5) is 0 Å². The summed E-state index contributed by atoms with van der Waals surface area (Å²) >= 11 is 0. The van der Waals surface area contributed by atoms with Gasteiger partial charge in [0, 0.05) is 10.8 Å². The van der Waals surface area contributed by atoms with E-state index in [-0.39, 0.29) is 11.2 Å². The number of rotatable bonds is 2. The first-order chi connectivity index (χ1) is 9.36. The first-order valence-corrected chi connectivity index (χ1v) is 6.75. The highest BCUT2D eigenvalue weighted by atomic mass is 16.7. The summed E-state index contributed by atoms with van der Waals surface area (Å²) in [6.45, 7) is 8.15. The summed E-state index contributed by atoms with van der Waals surface area (Å²) in [6.07, 6.45) is 1.69. The van der Waals surface area contributed by atoms with Crippen molar-refractivity contribution in [1.29, 1.82) is 0 Å². The fraction of sp³-hybridized carbons (Fsp3) is 0.467. The van der Waals surface area contributed by atoms with E-state index in [0.29, 0.717) is 5.75 Å². The molecule has 0 N–H and O–H groups in total. The number of para-hydroxylation sites is 1. The van der Waals surface area contributed by atoms with Crippen LogP contribution in [-0.4, -0.2) is 25.4 Å². The molecule has 1 aromatic carbocycles. The molecule has 1 saturated heterocycles. The molecule has 0 atom stereocenters. The molecule has 1 aliphatic rings. The monoisotopic (exact) mass is 274 g/mol. The summed E-state index contributed by atoms with van der Waals surface area (Å²) in [5, 5.41) is 0.961. The minimum atomic E-state index is -0.423. The van der Waals surface area contributed by atoms with E-state index >= 15 is 0 Å². The minimum absolute atomic E-state index is 0.361. The van der Waals surface area contributed by atoms with Gasteiger partial charge in [-0.1, -0.05) is 12.1 Å². The third-order valence-electron chi connectivity index (χ3n) is 4.32. The standard InChI is InChI=1S/C15H19BO4/c1-14(2)15(3,4)20-16(19-14)11-9-18-13-10(11)7-6-8-12(13)17-5/h6-9H,1-5H3. The van der Waals surface area contributed by atoms with Crippen molar-refractivity contribution >= 4 is 23.6 Å². The molecule has 3 rings (SSSR count). The van der Waals surface area contributed by atoms with Gasteiger partial charge in [-0.15, -0.1) is 0 Å². The highest BCUT2D eigenvalue weighted by molar-refractivity contribution is 6.65. The zero-order chi connectivity index (χ0) is 14.5. The number of methoxy groups -OCH3 is 1. The van der Waals surface area contributed by atoms with Crippen molar-refractivity contribution in [3.8, 4) is 5.75 Å². The lowest BCUT2D eigenvalue weighted by Gasteiger charge is -2.32. The Kier molecular flexibility index (Phi) is 2.89. The number of hydrogen-bond acceptors (Lipinski definition) is 4. The van der Waals surface area contributed by atoms with Crippen LogP contribution in [0.2, 0.25) is 0 Å². The summed E-state index contributed by atoms with van der Waals surface area (Å²) in [5.74, 6) is 0.713. The Morgan fingerprint density at radius 3 is 2.30 bits per heavy atom. The average molecular weight is 274 g/mol. The van der Waals surface area contributed by atoms with E-state index in [2.05, 4.69) is 0 Å². The average Bonchev–Trinajstić information content (AvgIpc) is 2.88. The van der Waals surface area contributed by atoms with Crippen LogP contribution in [0, 0.1) is 0 Å². The molecule has 0 radical (unpaired) electrons. The van der Waals surface area contributed by atoms with Gasteiger partial charge < -0.3 is 18.5 Å². The molecule has 20 heavy (non-hydrogen) atoms. The molecule has 106 valence electrons. The Morgan fingerprint density at radius 1 is 1.05 bits per heavy atom. The smallest absolute Gasteiger partial charge is 0.493 e. The fourth-order valence-electron chi connectivity index (χ4n) is 2.36. The van der Waals surface area contributed by atoms with Crippen LogP contribution in [0.15, 0.2) is 28.9 Å². The highest BCUT2D eigenvalue weighted by Gasteiger charge is 2.52. The molecule has 5 heteroatoms. The molecule has 1 aliphatic heterocycles. The topological polar surface area (TPSA) is 40.8 Å². The van der Waals surface area contributed by atoms with Crippen molar-refractivity contribution in [1.82, 2.24) is 0 Å². The molecular weight excluding hydrogens is 255 g/mol. The molecule has 0 unspecified atom stereocenters. The molecule has 1 aromatic heterocycles. The van der Waals surface area contributed by atoms with Crippen LogP contribution < -0.4 is 10.2 Å². The first-order valence-electron chi connectivity index (χ1n) is 6.75. The Bertz CT molecular complexity index is 628. The first kappa shape index (κ1) is 13.5. The number of furan rings is 1. The van der Waals surface area contributed by atoms with Crippen molar-refractivity contribution in [2.24, 2.45) is 0 Å². The fourth-order valence-corrected chi connectivity index (χ4v) is 2.36. The Morgan fingerprint density at radius 2 is 1.70 bits per heavy atom. The van der Waals surface area contributed by atoms with E-state index in [4.69, 9.17) is 18.5 Å². The van der Waals surface area contributed by atoms with E-state index in [9.17, 15) is 0 Å². The zero-order valence-electron chi connectivity index (χ0n) is 12.5. The Labute approximate surface area is 119 Å². The highest BCUT2D eigenvalue weighted by Crippen LogP contribution is 2.37. The molecular formula is C15H19BO4. The van der Waals surface area contributed by atoms with Gasteiger partial charge in [-0.05, 0) is 33.8 Å². The van der Waals surface area contributed by atoms with E-state index < -0.39 is 7.12 Å². The van der Waals surface area contributed by atoms with E-state index in [0.717, 1.165) is 16.4 Å². The quantitative estimate of drug-likeness (QED) is 0.789. The van der Waals surface area contributed by atoms with Crippen molar-refractivity contribution in [3.05, 3.63) is 24.5 Å². The van der Waals surface area contributed by atoms with Crippen molar-refractivity contribution in [2.45, 2.75) is 38.9 Å². The van der Waals surface area contributed by atoms with Gasteiger partial charge in [0.2, 0.25) is 0 Å². The number of fused-ring (bicyclic) bond motifs is 1. The van der Waals surface area contributed by atoms with Crippen LogP contribution >= 0.6 is 0 Å². The lowest BCUT2D eigenvalue weighted by Crippen LogP contribution is -2.41. The second kappa shape index (κ2) is 4.27. The molecule has 0 aliphatic carbocycles. The molecule has 0 bridgehead atoms. The van der Waals surface area contributed by atoms with Crippen molar-refractivity contribution in [2.75, 3.05) is 7.11 Å². The largest absolute Gasteiger partial charge is 0.498 e. The second-order valence-electron chi connectivity index (χ2n) is 6.12. The van der Waals surface area contributed by atoms with Gasteiger partial charge in [0.1, 0.15) is 0 Å². The van der Waals surface area contributed by atoms with Crippen molar-refractivity contribution < 1.29 is 18.5 Å². The van der Waals surface area contributed by atoms with Crippen LogP contribution in [-0.2, 0) is 9.31 Å². The van der Waals surface area contributed by atoms with Gasteiger partial charge in [0.05, 0.1) is 24.6 Å². The van der Waals surface area contributed by atoms with Gasteiger partial charge in [-0.2, -0.15) is 0 Å². The maximum Gasteiger partial charge on any atom is 0.498 e. The predicted octanol–water partition coefficient (Wildman–Crippen LogP) is 2.74. The number of hydrogen-bond donors (Lipinski definition) is 0. The van der Waals surface area contributed by atoms with Gasteiger partial charge in [-0.3, -0.25) is 0 Å².